The van der Waals surface area contributed by atoms with Crippen LogP contribution in [-0.4, -0.2) is 24.7 Å². The number of aryl methyl sites for hydroxylation is 1. The lowest BCUT2D eigenvalue weighted by Crippen LogP contribution is -2.58. The van der Waals surface area contributed by atoms with E-state index in [1.54, 1.807) is 7.11 Å². The minimum atomic E-state index is -0.500. The first-order valence-corrected chi connectivity index (χ1v) is 8.18. The van der Waals surface area contributed by atoms with Crippen molar-refractivity contribution in [2.24, 2.45) is 21.5 Å². The first kappa shape index (κ1) is 15.9. The average Bonchev–Trinajstić information content (AvgIpc) is 2.50. The van der Waals surface area contributed by atoms with Crippen LogP contribution in [0.15, 0.2) is 22.1 Å². The maximum Gasteiger partial charge on any atom is 0.220 e. The highest BCUT2D eigenvalue weighted by atomic mass is 35.5. The van der Waals surface area contributed by atoms with Gasteiger partial charge in [0.15, 0.2) is 0 Å². The number of nitrogens with zero attached hydrogens (tertiary/aromatic N) is 3. The lowest BCUT2D eigenvalue weighted by molar-refractivity contribution is 0.303. The highest BCUT2D eigenvalue weighted by Crippen LogP contribution is 2.44. The monoisotopic (exact) mass is 335 g/mol. The Bertz CT molecular complexity index is 679. The number of benzene rings is 1. The topological polar surface area (TPSA) is 89.2 Å². The van der Waals surface area contributed by atoms with Gasteiger partial charge in [-0.25, -0.2) is 4.99 Å². The Balaban J connectivity index is 2.16. The standard InChI is InChI=1S/C16H22ClN5O/c1-10-8-13(23-2)12(9-11(10)17)22-15(19)20-14(18)21-16(22)6-4-3-5-7-16/h8-9H,3-7H2,1-2H3,(H4,18,19,20,21). The summed E-state index contributed by atoms with van der Waals surface area (Å²) in [4.78, 5) is 10.8. The Morgan fingerprint density at radius 2 is 1.91 bits per heavy atom. The fourth-order valence-corrected chi connectivity index (χ4v) is 3.61. The van der Waals surface area contributed by atoms with Gasteiger partial charge in [-0.15, -0.1) is 0 Å². The van der Waals surface area contributed by atoms with Crippen LogP contribution >= 0.6 is 11.6 Å². The summed E-state index contributed by atoms with van der Waals surface area (Å²) < 4.78 is 5.55. The molecule has 6 nitrogen and oxygen atoms in total. The molecule has 7 heteroatoms. The van der Waals surface area contributed by atoms with Crippen molar-refractivity contribution in [2.75, 3.05) is 12.0 Å². The van der Waals surface area contributed by atoms with E-state index in [0.717, 1.165) is 36.9 Å². The quantitative estimate of drug-likeness (QED) is 0.869. The summed E-state index contributed by atoms with van der Waals surface area (Å²) in [5.41, 5.74) is 13.4. The highest BCUT2D eigenvalue weighted by molar-refractivity contribution is 6.31. The second-order valence-corrected chi connectivity index (χ2v) is 6.50. The molecule has 1 spiro atoms. The summed E-state index contributed by atoms with van der Waals surface area (Å²) in [6.07, 6.45) is 5.08. The molecule has 0 aromatic heterocycles. The van der Waals surface area contributed by atoms with E-state index in [9.17, 15) is 0 Å². The molecular formula is C16H22ClN5O. The van der Waals surface area contributed by atoms with Crippen molar-refractivity contribution in [1.82, 2.24) is 0 Å². The number of rotatable bonds is 2. The van der Waals surface area contributed by atoms with E-state index in [1.165, 1.54) is 6.42 Å². The van der Waals surface area contributed by atoms with Gasteiger partial charge in [0.05, 0.1) is 12.8 Å². The number of hydrogen-bond donors (Lipinski definition) is 2. The van der Waals surface area contributed by atoms with Gasteiger partial charge in [-0.05, 0) is 50.3 Å². The zero-order valence-corrected chi connectivity index (χ0v) is 14.2. The number of nitrogens with two attached hydrogens (primary N) is 2. The van der Waals surface area contributed by atoms with Crippen molar-refractivity contribution in [2.45, 2.75) is 44.7 Å². The third-order valence-corrected chi connectivity index (χ3v) is 4.96. The Morgan fingerprint density at radius 1 is 1.22 bits per heavy atom. The van der Waals surface area contributed by atoms with Gasteiger partial charge in [-0.3, -0.25) is 4.90 Å². The molecule has 1 aromatic rings. The molecular weight excluding hydrogens is 314 g/mol. The molecule has 2 aliphatic rings. The summed E-state index contributed by atoms with van der Waals surface area (Å²) in [5, 5.41) is 0.655. The minimum absolute atomic E-state index is 0.234. The number of aliphatic imine (C=N–C) groups is 2. The van der Waals surface area contributed by atoms with Gasteiger partial charge in [0.1, 0.15) is 11.4 Å². The Labute approximate surface area is 141 Å². The van der Waals surface area contributed by atoms with Crippen LogP contribution in [0.3, 0.4) is 0 Å². The molecule has 1 heterocycles. The van der Waals surface area contributed by atoms with E-state index >= 15 is 0 Å². The van der Waals surface area contributed by atoms with Crippen LogP contribution in [-0.2, 0) is 0 Å². The van der Waals surface area contributed by atoms with Crippen molar-refractivity contribution in [1.29, 1.82) is 0 Å². The molecule has 0 saturated heterocycles. The van der Waals surface area contributed by atoms with Crippen LogP contribution < -0.4 is 21.1 Å². The molecule has 3 rings (SSSR count). The first-order chi connectivity index (χ1) is 11.0. The van der Waals surface area contributed by atoms with Crippen molar-refractivity contribution < 1.29 is 4.74 Å². The van der Waals surface area contributed by atoms with Crippen LogP contribution in [0.4, 0.5) is 5.69 Å². The maximum atomic E-state index is 6.34. The van der Waals surface area contributed by atoms with Crippen LogP contribution in [0.5, 0.6) is 5.75 Å². The number of ether oxygens (including phenoxy) is 1. The Kier molecular flexibility index (Phi) is 4.10. The normalized spacial score (nSPS) is 20.2. The SMILES string of the molecule is COc1cc(C)c(Cl)cc1N1C(N)=NC(N)=NC12CCCCC2. The number of halogens is 1. The highest BCUT2D eigenvalue weighted by Gasteiger charge is 2.43. The molecule has 1 aromatic carbocycles. The van der Waals surface area contributed by atoms with Gasteiger partial charge >= 0.3 is 0 Å². The number of guanidine groups is 2. The summed E-state index contributed by atoms with van der Waals surface area (Å²) in [7, 11) is 1.63. The van der Waals surface area contributed by atoms with E-state index in [-0.39, 0.29) is 5.96 Å². The number of methoxy groups -OCH3 is 1. The Morgan fingerprint density at radius 3 is 2.57 bits per heavy atom. The van der Waals surface area contributed by atoms with Gasteiger partial charge in [0.2, 0.25) is 11.9 Å². The summed E-state index contributed by atoms with van der Waals surface area (Å²) >= 11 is 6.34. The zero-order chi connectivity index (χ0) is 16.6. The predicted molar refractivity (Wildman–Crippen MR) is 94.3 cm³/mol. The van der Waals surface area contributed by atoms with Crippen molar-refractivity contribution in [3.8, 4) is 5.75 Å². The molecule has 124 valence electrons. The molecule has 1 fully saturated rings. The minimum Gasteiger partial charge on any atom is -0.495 e. The molecule has 23 heavy (non-hydrogen) atoms. The molecule has 0 bridgehead atoms. The molecule has 0 amide bonds. The van der Waals surface area contributed by atoms with Crippen LogP contribution in [0.1, 0.15) is 37.7 Å². The first-order valence-electron chi connectivity index (χ1n) is 7.81. The molecule has 4 N–H and O–H groups in total. The van der Waals surface area contributed by atoms with E-state index in [4.69, 9.17) is 27.8 Å². The summed E-state index contributed by atoms with van der Waals surface area (Å²) in [6.45, 7) is 1.94. The van der Waals surface area contributed by atoms with Gasteiger partial charge < -0.3 is 16.2 Å². The lowest BCUT2D eigenvalue weighted by Gasteiger charge is -2.46. The third-order valence-electron chi connectivity index (χ3n) is 4.55. The van der Waals surface area contributed by atoms with Crippen molar-refractivity contribution in [3.63, 3.8) is 0 Å². The van der Waals surface area contributed by atoms with Gasteiger partial charge in [0.25, 0.3) is 0 Å². The van der Waals surface area contributed by atoms with Crippen LogP contribution in [0, 0.1) is 6.92 Å². The number of hydrogen-bond acceptors (Lipinski definition) is 6. The van der Waals surface area contributed by atoms with E-state index < -0.39 is 5.66 Å². The second-order valence-electron chi connectivity index (χ2n) is 6.09. The molecule has 1 saturated carbocycles. The molecule has 0 unspecified atom stereocenters. The fraction of sp³-hybridized carbons (Fsp3) is 0.500. The summed E-state index contributed by atoms with van der Waals surface area (Å²) in [5.74, 6) is 1.26. The van der Waals surface area contributed by atoms with E-state index in [0.29, 0.717) is 16.7 Å². The largest absolute Gasteiger partial charge is 0.495 e. The number of anilines is 1. The maximum absolute atomic E-state index is 6.34. The Hall–Kier alpha value is -1.95. The van der Waals surface area contributed by atoms with Gasteiger partial charge in [-0.2, -0.15) is 4.99 Å². The predicted octanol–water partition coefficient (Wildman–Crippen LogP) is 2.77. The summed E-state index contributed by atoms with van der Waals surface area (Å²) in [6, 6.07) is 3.77. The zero-order valence-electron chi connectivity index (χ0n) is 13.5. The van der Waals surface area contributed by atoms with Crippen molar-refractivity contribution in [3.05, 3.63) is 22.7 Å². The lowest BCUT2D eigenvalue weighted by atomic mass is 9.87. The van der Waals surface area contributed by atoms with Gasteiger partial charge in [-0.1, -0.05) is 18.0 Å². The second kappa shape index (κ2) is 5.92. The molecule has 1 aliphatic carbocycles. The van der Waals surface area contributed by atoms with Crippen LogP contribution in [0.2, 0.25) is 5.02 Å². The smallest absolute Gasteiger partial charge is 0.220 e. The third kappa shape index (κ3) is 2.72. The molecule has 1 aliphatic heterocycles. The van der Waals surface area contributed by atoms with E-state index in [2.05, 4.69) is 9.98 Å². The molecule has 0 radical (unpaired) electrons. The average molecular weight is 336 g/mol. The van der Waals surface area contributed by atoms with Gasteiger partial charge in [0, 0.05) is 5.02 Å². The fourth-order valence-electron chi connectivity index (χ4n) is 3.45. The van der Waals surface area contributed by atoms with E-state index in [1.807, 2.05) is 24.0 Å². The molecule has 0 atom stereocenters. The van der Waals surface area contributed by atoms with Crippen LogP contribution in [0.25, 0.3) is 0 Å². The van der Waals surface area contributed by atoms with Crippen molar-refractivity contribution >= 4 is 29.2 Å².